The van der Waals surface area contributed by atoms with E-state index in [9.17, 15) is 4.79 Å². The van der Waals surface area contributed by atoms with Gasteiger partial charge in [0, 0.05) is 4.88 Å². The molecule has 3 heterocycles. The number of hydrazone groups is 1. The molecule has 8 heteroatoms. The number of rotatable bonds is 3. The van der Waals surface area contributed by atoms with E-state index in [1.54, 1.807) is 35.1 Å². The van der Waals surface area contributed by atoms with Crippen LogP contribution >= 0.6 is 23.1 Å². The molecule has 1 aliphatic carbocycles. The number of amidine groups is 1. The van der Waals surface area contributed by atoms with Gasteiger partial charge in [-0.3, -0.25) is 20.0 Å². The number of hydrogen-bond donors (Lipinski definition) is 1. The van der Waals surface area contributed by atoms with E-state index in [0.29, 0.717) is 5.75 Å². The number of fused-ring (bicyclic) bond motifs is 5. The van der Waals surface area contributed by atoms with Crippen molar-refractivity contribution in [2.24, 2.45) is 5.10 Å². The molecule has 1 atom stereocenters. The Hall–Kier alpha value is -2.19. The first-order chi connectivity index (χ1) is 13.2. The van der Waals surface area contributed by atoms with Gasteiger partial charge in [-0.05, 0) is 42.7 Å². The summed E-state index contributed by atoms with van der Waals surface area (Å²) in [6.45, 7) is 2.11. The molecule has 5 rings (SSSR count). The monoisotopic (exact) mass is 400 g/mol. The molecule has 140 valence electrons. The molecule has 3 aliphatic rings. The Morgan fingerprint density at radius 2 is 2.19 bits per heavy atom. The standard InChI is InChI=1S/C19H20N4O2S2/c1-3-26-19-21-20-18-22(12-8-4-5-9-13(12)25-2)16(24)15-11-7-6-10-14(11)27-17(15)23(18)19/h4-5,8-9,18,20H,3,6-7,10H2,1-2H3. The minimum absolute atomic E-state index is 0.0283. The Kier molecular flexibility index (Phi) is 4.05. The van der Waals surface area contributed by atoms with Crippen LogP contribution in [0.3, 0.4) is 0 Å². The van der Waals surface area contributed by atoms with Crippen molar-refractivity contribution in [2.45, 2.75) is 32.5 Å². The summed E-state index contributed by atoms with van der Waals surface area (Å²) in [6.07, 6.45) is 2.80. The summed E-state index contributed by atoms with van der Waals surface area (Å²) in [7, 11) is 1.63. The van der Waals surface area contributed by atoms with E-state index in [1.165, 1.54) is 10.4 Å². The van der Waals surface area contributed by atoms with Gasteiger partial charge in [0.15, 0.2) is 5.17 Å². The second-order valence-electron chi connectivity index (χ2n) is 6.58. The van der Waals surface area contributed by atoms with Crippen LogP contribution in [0, 0.1) is 0 Å². The topological polar surface area (TPSA) is 57.2 Å². The van der Waals surface area contributed by atoms with Crippen LogP contribution in [0.2, 0.25) is 0 Å². The smallest absolute Gasteiger partial charge is 0.264 e. The van der Waals surface area contributed by atoms with Gasteiger partial charge in [0.1, 0.15) is 10.8 Å². The van der Waals surface area contributed by atoms with Gasteiger partial charge in [-0.2, -0.15) is 5.10 Å². The van der Waals surface area contributed by atoms with Gasteiger partial charge in [0.05, 0.1) is 18.4 Å². The van der Waals surface area contributed by atoms with Crippen molar-refractivity contribution < 1.29 is 9.53 Å². The third-order valence-corrected chi connectivity index (χ3v) is 7.27. The number of carbonyl (C=O) groups is 1. The molecule has 0 radical (unpaired) electrons. The van der Waals surface area contributed by atoms with E-state index in [4.69, 9.17) is 4.74 Å². The molecule has 1 unspecified atom stereocenters. The van der Waals surface area contributed by atoms with E-state index < -0.39 is 0 Å². The van der Waals surface area contributed by atoms with E-state index in [0.717, 1.165) is 46.4 Å². The van der Waals surface area contributed by atoms with Crippen molar-refractivity contribution in [3.8, 4) is 5.75 Å². The molecule has 0 bridgehead atoms. The molecule has 0 spiro atoms. The Bertz CT molecular complexity index is 955. The number of methoxy groups -OCH3 is 1. The minimum Gasteiger partial charge on any atom is -0.495 e. The molecular formula is C19H20N4O2S2. The summed E-state index contributed by atoms with van der Waals surface area (Å²) in [5.74, 6) is 1.63. The van der Waals surface area contributed by atoms with Crippen molar-refractivity contribution >= 4 is 44.9 Å². The first-order valence-electron chi connectivity index (χ1n) is 9.11. The van der Waals surface area contributed by atoms with Crippen molar-refractivity contribution in [3.05, 3.63) is 40.3 Å². The SMILES string of the molecule is CCSC1=NNC2N(c3ccccc3OC)C(=O)c3c(sc4c3CCC4)N12. The average Bonchev–Trinajstić information content (AvgIpc) is 3.37. The molecular weight excluding hydrogens is 380 g/mol. The number of amides is 1. The summed E-state index contributed by atoms with van der Waals surface area (Å²) in [5.41, 5.74) is 6.01. The fourth-order valence-electron chi connectivity index (χ4n) is 4.01. The van der Waals surface area contributed by atoms with Crippen LogP contribution < -0.4 is 20.0 Å². The normalized spacial score (nSPS) is 20.1. The van der Waals surface area contributed by atoms with Crippen molar-refractivity contribution in [3.63, 3.8) is 0 Å². The first-order valence-corrected chi connectivity index (χ1v) is 10.9. The highest BCUT2D eigenvalue weighted by Gasteiger charge is 2.47. The minimum atomic E-state index is -0.367. The van der Waals surface area contributed by atoms with Crippen LogP contribution in [-0.4, -0.2) is 30.2 Å². The van der Waals surface area contributed by atoms with Gasteiger partial charge < -0.3 is 4.74 Å². The van der Waals surface area contributed by atoms with E-state index >= 15 is 0 Å². The van der Waals surface area contributed by atoms with Gasteiger partial charge in [-0.25, -0.2) is 0 Å². The maximum atomic E-state index is 13.7. The van der Waals surface area contributed by atoms with Crippen LogP contribution in [0.5, 0.6) is 5.75 Å². The van der Waals surface area contributed by atoms with Crippen molar-refractivity contribution in [1.29, 1.82) is 0 Å². The number of nitrogens with one attached hydrogen (secondary N) is 1. The Morgan fingerprint density at radius 3 is 3.00 bits per heavy atom. The maximum absolute atomic E-state index is 13.7. The molecule has 1 amide bonds. The number of anilines is 2. The lowest BCUT2D eigenvalue weighted by Crippen LogP contribution is -2.58. The fourth-order valence-corrected chi connectivity index (χ4v) is 6.18. The van der Waals surface area contributed by atoms with Crippen LogP contribution in [-0.2, 0) is 12.8 Å². The molecule has 0 saturated carbocycles. The molecule has 0 fully saturated rings. The third kappa shape index (κ3) is 2.39. The highest BCUT2D eigenvalue weighted by atomic mass is 32.2. The zero-order valence-corrected chi connectivity index (χ0v) is 16.8. The quantitative estimate of drug-likeness (QED) is 0.853. The number of aryl methyl sites for hydroxylation is 1. The maximum Gasteiger partial charge on any atom is 0.264 e. The molecule has 2 aromatic rings. The highest BCUT2D eigenvalue weighted by molar-refractivity contribution is 8.14. The number of nitrogens with zero attached hydrogens (tertiary/aromatic N) is 3. The number of carbonyl (C=O) groups excluding carboxylic acids is 1. The Labute approximate surface area is 166 Å². The molecule has 2 aliphatic heterocycles. The summed E-state index contributed by atoms with van der Waals surface area (Å²) in [4.78, 5) is 19.0. The lowest BCUT2D eigenvalue weighted by Gasteiger charge is -2.40. The predicted molar refractivity (Wildman–Crippen MR) is 111 cm³/mol. The number of ether oxygens (including phenoxy) is 1. The zero-order valence-electron chi connectivity index (χ0n) is 15.2. The van der Waals surface area contributed by atoms with E-state index in [1.807, 2.05) is 24.3 Å². The highest BCUT2D eigenvalue weighted by Crippen LogP contribution is 2.48. The largest absolute Gasteiger partial charge is 0.495 e. The molecule has 27 heavy (non-hydrogen) atoms. The Morgan fingerprint density at radius 1 is 1.33 bits per heavy atom. The molecule has 6 nitrogen and oxygen atoms in total. The second-order valence-corrected chi connectivity index (χ2v) is 8.90. The van der Waals surface area contributed by atoms with Gasteiger partial charge >= 0.3 is 0 Å². The van der Waals surface area contributed by atoms with Crippen molar-refractivity contribution in [2.75, 3.05) is 22.7 Å². The van der Waals surface area contributed by atoms with Crippen LogP contribution in [0.4, 0.5) is 10.7 Å². The number of para-hydroxylation sites is 2. The van der Waals surface area contributed by atoms with Crippen molar-refractivity contribution in [1.82, 2.24) is 5.43 Å². The lowest BCUT2D eigenvalue weighted by atomic mass is 10.1. The molecule has 1 aromatic carbocycles. The number of thiophene rings is 1. The summed E-state index contributed by atoms with van der Waals surface area (Å²) < 4.78 is 5.55. The molecule has 1 N–H and O–H groups in total. The summed E-state index contributed by atoms with van der Waals surface area (Å²) in [5, 5.41) is 6.49. The fraction of sp³-hybridized carbons (Fsp3) is 0.368. The van der Waals surface area contributed by atoms with Gasteiger partial charge in [0.25, 0.3) is 5.91 Å². The lowest BCUT2D eigenvalue weighted by molar-refractivity contribution is 0.0967. The van der Waals surface area contributed by atoms with Gasteiger partial charge in [0.2, 0.25) is 6.29 Å². The first kappa shape index (κ1) is 16.9. The zero-order chi connectivity index (χ0) is 18.5. The average molecular weight is 401 g/mol. The number of hydrogen-bond acceptors (Lipinski definition) is 7. The van der Waals surface area contributed by atoms with Gasteiger partial charge in [-0.15, -0.1) is 11.3 Å². The Balaban J connectivity index is 1.69. The van der Waals surface area contributed by atoms with Crippen LogP contribution in [0.15, 0.2) is 29.4 Å². The van der Waals surface area contributed by atoms with E-state index in [-0.39, 0.29) is 12.2 Å². The molecule has 1 aromatic heterocycles. The van der Waals surface area contributed by atoms with Crippen LogP contribution in [0.1, 0.15) is 34.1 Å². The summed E-state index contributed by atoms with van der Waals surface area (Å²) >= 11 is 3.44. The number of benzene rings is 1. The number of thioether (sulfide) groups is 1. The van der Waals surface area contributed by atoms with Crippen LogP contribution in [0.25, 0.3) is 0 Å². The van der Waals surface area contributed by atoms with E-state index in [2.05, 4.69) is 22.4 Å². The predicted octanol–water partition coefficient (Wildman–Crippen LogP) is 3.62. The van der Waals surface area contributed by atoms with Gasteiger partial charge in [-0.1, -0.05) is 30.8 Å². The second kappa shape index (κ2) is 6.45. The summed E-state index contributed by atoms with van der Waals surface area (Å²) in [6, 6.07) is 7.66. The third-order valence-electron chi connectivity index (χ3n) is 5.14. The molecule has 0 saturated heterocycles.